The number of hydrogen-bond donors (Lipinski definition) is 0. The fourth-order valence-corrected chi connectivity index (χ4v) is 1.81. The fraction of sp³-hybridized carbons (Fsp3) is 0.556. The fourth-order valence-electron chi connectivity index (χ4n) is 1.36. The Morgan fingerprint density at radius 2 is 2.23 bits per heavy atom. The van der Waals surface area contributed by atoms with Gasteiger partial charge in [-0.3, -0.25) is 0 Å². The minimum atomic E-state index is 0.217. The van der Waals surface area contributed by atoms with Gasteiger partial charge in [0.05, 0.1) is 16.8 Å². The highest BCUT2D eigenvalue weighted by Crippen LogP contribution is 2.40. The van der Waals surface area contributed by atoms with Gasteiger partial charge in [-0.2, -0.15) is 0 Å². The van der Waals surface area contributed by atoms with Gasteiger partial charge < -0.3 is 4.74 Å². The first kappa shape index (κ1) is 7.88. The van der Waals surface area contributed by atoms with Crippen LogP contribution in [-0.4, -0.2) is 16.6 Å². The highest BCUT2D eigenvalue weighted by molar-refractivity contribution is 9.10. The van der Waals surface area contributed by atoms with Crippen LogP contribution in [0.3, 0.4) is 0 Å². The van der Waals surface area contributed by atoms with Crippen LogP contribution < -0.4 is 0 Å². The van der Waals surface area contributed by atoms with E-state index in [1.807, 2.05) is 6.20 Å². The van der Waals surface area contributed by atoms with Crippen LogP contribution in [0, 0.1) is 0 Å². The van der Waals surface area contributed by atoms with E-state index in [4.69, 9.17) is 4.74 Å². The summed E-state index contributed by atoms with van der Waals surface area (Å²) < 4.78 is 6.18. The zero-order valence-electron chi connectivity index (χ0n) is 7.03. The predicted molar refractivity (Wildman–Crippen MR) is 50.4 cm³/mol. The van der Waals surface area contributed by atoms with E-state index in [1.54, 1.807) is 0 Å². The summed E-state index contributed by atoms with van der Waals surface area (Å²) in [5.41, 5.74) is 1.02. The Kier molecular flexibility index (Phi) is 1.67. The molecule has 1 saturated carbocycles. The van der Waals surface area contributed by atoms with Gasteiger partial charge in [0.1, 0.15) is 11.9 Å². The molecule has 1 atom stereocenters. The lowest BCUT2D eigenvalue weighted by Crippen LogP contribution is -1.98. The van der Waals surface area contributed by atoms with Gasteiger partial charge >= 0.3 is 0 Å². The van der Waals surface area contributed by atoms with Gasteiger partial charge in [0.25, 0.3) is 0 Å². The van der Waals surface area contributed by atoms with Crippen molar-refractivity contribution in [2.24, 2.45) is 0 Å². The molecule has 1 aliphatic heterocycles. The SMILES string of the molecule is Brc1cnc(C2CC2)nc1[C@H]1CO1. The standard InChI is InChI=1S/C9H9BrN2O/c10-6-3-11-9(5-1-2-5)12-8(6)7-4-13-7/h3,5,7H,1-2,4H2/t7-/m1/s1. The lowest BCUT2D eigenvalue weighted by molar-refractivity contribution is 0.409. The van der Waals surface area contributed by atoms with E-state index in [1.165, 1.54) is 12.8 Å². The average Bonchev–Trinajstić information content (AvgIpc) is 3.00. The summed E-state index contributed by atoms with van der Waals surface area (Å²) in [7, 11) is 0. The number of aromatic nitrogens is 2. The Hall–Kier alpha value is -0.480. The molecule has 2 fully saturated rings. The maximum Gasteiger partial charge on any atom is 0.131 e. The van der Waals surface area contributed by atoms with Crippen LogP contribution in [0.25, 0.3) is 0 Å². The Bertz CT molecular complexity index is 347. The van der Waals surface area contributed by atoms with Gasteiger partial charge in [0.15, 0.2) is 0 Å². The molecule has 3 nitrogen and oxygen atoms in total. The second-order valence-electron chi connectivity index (χ2n) is 3.56. The molecule has 13 heavy (non-hydrogen) atoms. The number of nitrogens with zero attached hydrogens (tertiary/aromatic N) is 2. The highest BCUT2D eigenvalue weighted by atomic mass is 79.9. The zero-order chi connectivity index (χ0) is 8.84. The van der Waals surface area contributed by atoms with Crippen LogP contribution in [0.1, 0.15) is 36.4 Å². The van der Waals surface area contributed by atoms with Gasteiger partial charge in [-0.15, -0.1) is 0 Å². The van der Waals surface area contributed by atoms with Crippen molar-refractivity contribution >= 4 is 15.9 Å². The Labute approximate surface area is 84.7 Å². The van der Waals surface area contributed by atoms with E-state index in [0.717, 1.165) is 22.6 Å². The minimum absolute atomic E-state index is 0.217. The van der Waals surface area contributed by atoms with Crippen LogP contribution in [0.4, 0.5) is 0 Å². The number of epoxide rings is 1. The smallest absolute Gasteiger partial charge is 0.131 e. The van der Waals surface area contributed by atoms with Crippen molar-refractivity contribution < 1.29 is 4.74 Å². The molecule has 1 aliphatic carbocycles. The van der Waals surface area contributed by atoms with Gasteiger partial charge in [-0.05, 0) is 28.8 Å². The van der Waals surface area contributed by atoms with Crippen molar-refractivity contribution in [1.29, 1.82) is 0 Å². The van der Waals surface area contributed by atoms with Crippen molar-refractivity contribution in [3.8, 4) is 0 Å². The molecule has 0 spiro atoms. The van der Waals surface area contributed by atoms with Crippen molar-refractivity contribution in [3.63, 3.8) is 0 Å². The Morgan fingerprint density at radius 1 is 1.46 bits per heavy atom. The molecule has 0 amide bonds. The molecule has 2 heterocycles. The molecule has 2 aliphatic rings. The van der Waals surface area contributed by atoms with Crippen LogP contribution in [0.15, 0.2) is 10.7 Å². The molecule has 0 aromatic carbocycles. The number of ether oxygens (including phenoxy) is 1. The number of hydrogen-bond acceptors (Lipinski definition) is 3. The largest absolute Gasteiger partial charge is 0.366 e. The molecular weight excluding hydrogens is 232 g/mol. The monoisotopic (exact) mass is 240 g/mol. The van der Waals surface area contributed by atoms with E-state index >= 15 is 0 Å². The first-order valence-corrected chi connectivity index (χ1v) is 5.28. The summed E-state index contributed by atoms with van der Waals surface area (Å²) in [5, 5.41) is 0. The van der Waals surface area contributed by atoms with E-state index < -0.39 is 0 Å². The van der Waals surface area contributed by atoms with E-state index in [-0.39, 0.29) is 6.10 Å². The van der Waals surface area contributed by atoms with Crippen LogP contribution in [-0.2, 0) is 4.74 Å². The molecule has 0 radical (unpaired) electrons. The molecule has 0 bridgehead atoms. The lowest BCUT2D eigenvalue weighted by Gasteiger charge is -2.01. The summed E-state index contributed by atoms with van der Waals surface area (Å²) in [4.78, 5) is 8.81. The average molecular weight is 241 g/mol. The van der Waals surface area contributed by atoms with Crippen molar-refractivity contribution in [1.82, 2.24) is 9.97 Å². The molecule has 1 aromatic rings. The molecule has 0 unspecified atom stereocenters. The van der Waals surface area contributed by atoms with Crippen molar-refractivity contribution in [2.75, 3.05) is 6.61 Å². The normalized spacial score (nSPS) is 26.1. The van der Waals surface area contributed by atoms with Crippen LogP contribution >= 0.6 is 15.9 Å². The summed E-state index contributed by atoms with van der Waals surface area (Å²) in [6.45, 7) is 0.805. The summed E-state index contributed by atoms with van der Waals surface area (Å²) >= 11 is 3.44. The first-order valence-electron chi connectivity index (χ1n) is 4.48. The van der Waals surface area contributed by atoms with Gasteiger partial charge in [0, 0.05) is 12.1 Å². The quantitative estimate of drug-likeness (QED) is 0.745. The van der Waals surface area contributed by atoms with Crippen molar-refractivity contribution in [3.05, 3.63) is 22.2 Å². The van der Waals surface area contributed by atoms with Crippen molar-refractivity contribution in [2.45, 2.75) is 24.9 Å². The first-order chi connectivity index (χ1) is 6.34. The minimum Gasteiger partial charge on any atom is -0.366 e. The molecule has 1 aromatic heterocycles. The second kappa shape index (κ2) is 2.75. The lowest BCUT2D eigenvalue weighted by atomic mass is 10.3. The second-order valence-corrected chi connectivity index (χ2v) is 4.41. The van der Waals surface area contributed by atoms with Crippen LogP contribution in [0.5, 0.6) is 0 Å². The molecule has 0 N–H and O–H groups in total. The molecular formula is C9H9BrN2O. The molecule has 1 saturated heterocycles. The third kappa shape index (κ3) is 1.48. The van der Waals surface area contributed by atoms with Gasteiger partial charge in [0.2, 0.25) is 0 Å². The van der Waals surface area contributed by atoms with E-state index in [0.29, 0.717) is 5.92 Å². The third-order valence-corrected chi connectivity index (χ3v) is 2.98. The number of rotatable bonds is 2. The number of halogens is 1. The summed E-state index contributed by atoms with van der Waals surface area (Å²) in [6.07, 6.45) is 4.55. The highest BCUT2D eigenvalue weighted by Gasteiger charge is 2.32. The molecule has 3 rings (SSSR count). The molecule has 4 heteroatoms. The Balaban J connectivity index is 1.99. The third-order valence-electron chi connectivity index (χ3n) is 2.37. The molecule has 68 valence electrons. The van der Waals surface area contributed by atoms with E-state index in [9.17, 15) is 0 Å². The summed E-state index contributed by atoms with van der Waals surface area (Å²) in [6, 6.07) is 0. The van der Waals surface area contributed by atoms with Gasteiger partial charge in [-0.1, -0.05) is 0 Å². The maximum absolute atomic E-state index is 5.21. The topological polar surface area (TPSA) is 38.3 Å². The maximum atomic E-state index is 5.21. The summed E-state index contributed by atoms with van der Waals surface area (Å²) in [5.74, 6) is 1.61. The van der Waals surface area contributed by atoms with Crippen LogP contribution in [0.2, 0.25) is 0 Å². The Morgan fingerprint density at radius 3 is 2.85 bits per heavy atom. The van der Waals surface area contributed by atoms with E-state index in [2.05, 4.69) is 25.9 Å². The van der Waals surface area contributed by atoms with Gasteiger partial charge in [-0.25, -0.2) is 9.97 Å². The zero-order valence-corrected chi connectivity index (χ0v) is 8.62. The predicted octanol–water partition coefficient (Wildman–Crippen LogP) is 2.19.